The molecule has 0 unspecified atom stereocenters. The summed E-state index contributed by atoms with van der Waals surface area (Å²) in [5.41, 5.74) is 0.218. The van der Waals surface area contributed by atoms with Gasteiger partial charge in [0.05, 0.1) is 0 Å². The third-order valence-electron chi connectivity index (χ3n) is 2.09. The van der Waals surface area contributed by atoms with Crippen molar-refractivity contribution in [3.05, 3.63) is 47.3 Å². The fourth-order valence-corrected chi connectivity index (χ4v) is 1.24. The summed E-state index contributed by atoms with van der Waals surface area (Å²) >= 11 is 0. The largest absolute Gasteiger partial charge is 0.276 e. The molecular weight excluding hydrogens is 275 g/mol. The molecule has 1 heterocycles. The van der Waals surface area contributed by atoms with Crippen molar-refractivity contribution in [2.75, 3.05) is 5.43 Å². The van der Waals surface area contributed by atoms with Gasteiger partial charge in [-0.1, -0.05) is 0 Å². The molecule has 0 spiro atoms. The Kier molecular flexibility index (Phi) is 3.15. The van der Waals surface area contributed by atoms with Crippen LogP contribution in [0.25, 0.3) is 0 Å². The van der Waals surface area contributed by atoms with Gasteiger partial charge in [0.15, 0.2) is 23.3 Å². The summed E-state index contributed by atoms with van der Waals surface area (Å²) in [5, 5.41) is 6.53. The first-order valence-corrected chi connectivity index (χ1v) is 4.61. The number of nitrogens with one attached hydrogen (secondary N) is 1. The maximum Gasteiger partial charge on any atom is 0.276 e. The van der Waals surface area contributed by atoms with E-state index < -0.39 is 40.6 Å². The SMILES string of the molecule is O=C(Nn1cnnc1)c1c(F)c(F)c(F)c(F)c1F. The number of carbonyl (C=O) groups excluding carboxylic acids is 1. The number of amides is 1. The van der Waals surface area contributed by atoms with Crippen molar-refractivity contribution in [1.29, 1.82) is 0 Å². The van der Waals surface area contributed by atoms with Crippen molar-refractivity contribution in [3.8, 4) is 0 Å². The van der Waals surface area contributed by atoms with Gasteiger partial charge in [-0.3, -0.25) is 10.2 Å². The van der Waals surface area contributed by atoms with Crippen LogP contribution in [0.3, 0.4) is 0 Å². The van der Waals surface area contributed by atoms with E-state index in [4.69, 9.17) is 0 Å². The number of carbonyl (C=O) groups is 1. The van der Waals surface area contributed by atoms with Crippen LogP contribution in [0, 0.1) is 29.1 Å². The van der Waals surface area contributed by atoms with Gasteiger partial charge in [-0.25, -0.2) is 26.6 Å². The van der Waals surface area contributed by atoms with Gasteiger partial charge in [0.2, 0.25) is 5.82 Å². The van der Waals surface area contributed by atoms with Crippen LogP contribution in [-0.4, -0.2) is 20.8 Å². The predicted molar refractivity (Wildman–Crippen MR) is 49.9 cm³/mol. The Bertz CT molecular complexity index is 614. The Labute approximate surface area is 101 Å². The lowest BCUT2D eigenvalue weighted by molar-refractivity contribution is 0.0996. The summed E-state index contributed by atoms with van der Waals surface area (Å²) in [7, 11) is 0. The number of benzene rings is 1. The highest BCUT2D eigenvalue weighted by atomic mass is 19.2. The van der Waals surface area contributed by atoms with Crippen molar-refractivity contribution in [2.45, 2.75) is 0 Å². The Morgan fingerprint density at radius 1 is 0.895 bits per heavy atom. The van der Waals surface area contributed by atoms with Crippen LogP contribution in [0.5, 0.6) is 0 Å². The Morgan fingerprint density at radius 3 is 1.79 bits per heavy atom. The molecule has 0 radical (unpaired) electrons. The fraction of sp³-hybridized carbons (Fsp3) is 0. The van der Waals surface area contributed by atoms with E-state index in [1.165, 1.54) is 0 Å². The fourth-order valence-electron chi connectivity index (χ4n) is 1.24. The van der Waals surface area contributed by atoms with Gasteiger partial charge in [0.25, 0.3) is 5.91 Å². The Morgan fingerprint density at radius 2 is 1.32 bits per heavy atom. The molecule has 5 nitrogen and oxygen atoms in total. The Hall–Kier alpha value is -2.52. The summed E-state index contributed by atoms with van der Waals surface area (Å²) in [6.07, 6.45) is 1.90. The van der Waals surface area contributed by atoms with Crippen LogP contribution in [0.4, 0.5) is 22.0 Å². The molecule has 0 aliphatic rings. The summed E-state index contributed by atoms with van der Waals surface area (Å²) < 4.78 is 65.8. The van der Waals surface area contributed by atoms with Gasteiger partial charge in [0, 0.05) is 0 Å². The zero-order chi connectivity index (χ0) is 14.2. The van der Waals surface area contributed by atoms with E-state index in [1.54, 1.807) is 0 Å². The van der Waals surface area contributed by atoms with E-state index in [9.17, 15) is 26.7 Å². The lowest BCUT2D eigenvalue weighted by atomic mass is 10.1. The Balaban J connectivity index is 2.48. The van der Waals surface area contributed by atoms with E-state index in [0.29, 0.717) is 0 Å². The molecule has 0 bridgehead atoms. The third-order valence-corrected chi connectivity index (χ3v) is 2.09. The molecule has 1 amide bonds. The minimum Gasteiger partial charge on any atom is -0.267 e. The monoisotopic (exact) mass is 278 g/mol. The summed E-state index contributed by atoms with van der Waals surface area (Å²) in [4.78, 5) is 11.4. The zero-order valence-electron chi connectivity index (χ0n) is 8.79. The molecule has 19 heavy (non-hydrogen) atoms. The van der Waals surface area contributed by atoms with Gasteiger partial charge >= 0.3 is 0 Å². The smallest absolute Gasteiger partial charge is 0.267 e. The van der Waals surface area contributed by atoms with E-state index in [1.807, 2.05) is 5.43 Å². The molecule has 0 aliphatic carbocycles. The molecule has 0 fully saturated rings. The normalized spacial score (nSPS) is 10.6. The second-order valence-electron chi connectivity index (χ2n) is 3.25. The maximum absolute atomic E-state index is 13.3. The first kappa shape index (κ1) is 12.9. The van der Waals surface area contributed by atoms with E-state index in [2.05, 4.69) is 10.2 Å². The van der Waals surface area contributed by atoms with Crippen LogP contribution in [0.2, 0.25) is 0 Å². The average Bonchev–Trinajstić information content (AvgIpc) is 2.87. The van der Waals surface area contributed by atoms with Crippen LogP contribution < -0.4 is 5.43 Å². The standard InChI is InChI=1S/C9H3F5N4O/c10-4-3(5(11)7(13)8(14)6(4)12)9(19)17-18-1-15-16-2-18/h1-2H,(H,17,19). The molecule has 1 N–H and O–H groups in total. The molecule has 2 aromatic rings. The minimum atomic E-state index is -2.34. The first-order chi connectivity index (χ1) is 8.93. The van der Waals surface area contributed by atoms with Crippen molar-refractivity contribution >= 4 is 5.91 Å². The summed E-state index contributed by atoms with van der Waals surface area (Å²) in [6, 6.07) is 0. The maximum atomic E-state index is 13.3. The van der Waals surface area contributed by atoms with Crippen molar-refractivity contribution in [2.24, 2.45) is 0 Å². The molecule has 2 rings (SSSR count). The van der Waals surface area contributed by atoms with Crippen molar-refractivity contribution < 1.29 is 26.7 Å². The van der Waals surface area contributed by atoms with Gasteiger partial charge in [-0.05, 0) is 0 Å². The predicted octanol–water partition coefficient (Wildman–Crippen LogP) is 1.36. The van der Waals surface area contributed by atoms with Crippen LogP contribution >= 0.6 is 0 Å². The van der Waals surface area contributed by atoms with Gasteiger partial charge in [-0.15, -0.1) is 10.2 Å². The lowest BCUT2D eigenvalue weighted by Crippen LogP contribution is -2.25. The molecule has 1 aromatic carbocycles. The van der Waals surface area contributed by atoms with Gasteiger partial charge in [-0.2, -0.15) is 0 Å². The van der Waals surface area contributed by atoms with Gasteiger partial charge < -0.3 is 0 Å². The molecule has 0 saturated heterocycles. The number of nitrogens with zero attached hydrogens (tertiary/aromatic N) is 3. The number of halogens is 5. The molecule has 0 aliphatic heterocycles. The molecular formula is C9H3F5N4O. The highest BCUT2D eigenvalue weighted by Crippen LogP contribution is 2.22. The highest BCUT2D eigenvalue weighted by Gasteiger charge is 2.29. The zero-order valence-corrected chi connectivity index (χ0v) is 8.79. The molecule has 1 aromatic heterocycles. The summed E-state index contributed by atoms with van der Waals surface area (Å²) in [6.45, 7) is 0. The van der Waals surface area contributed by atoms with Crippen LogP contribution in [0.1, 0.15) is 10.4 Å². The summed E-state index contributed by atoms with van der Waals surface area (Å²) in [5.74, 6) is -12.7. The second-order valence-corrected chi connectivity index (χ2v) is 3.25. The lowest BCUT2D eigenvalue weighted by Gasteiger charge is -2.08. The highest BCUT2D eigenvalue weighted by molar-refractivity contribution is 6.00. The number of aromatic nitrogens is 3. The first-order valence-electron chi connectivity index (χ1n) is 4.61. The van der Waals surface area contributed by atoms with Crippen molar-refractivity contribution in [3.63, 3.8) is 0 Å². The number of rotatable bonds is 2. The van der Waals surface area contributed by atoms with E-state index in [0.717, 1.165) is 17.3 Å². The van der Waals surface area contributed by atoms with E-state index >= 15 is 0 Å². The molecule has 0 atom stereocenters. The second kappa shape index (κ2) is 4.63. The third kappa shape index (κ3) is 2.11. The van der Waals surface area contributed by atoms with Gasteiger partial charge in [0.1, 0.15) is 18.2 Å². The molecule has 10 heteroatoms. The van der Waals surface area contributed by atoms with E-state index in [-0.39, 0.29) is 0 Å². The topological polar surface area (TPSA) is 59.8 Å². The quantitative estimate of drug-likeness (QED) is 0.512. The molecule has 0 saturated carbocycles. The average molecular weight is 278 g/mol. The minimum absolute atomic E-state index is 0.778. The molecule has 100 valence electrons. The number of hydrogen-bond acceptors (Lipinski definition) is 3. The van der Waals surface area contributed by atoms with Crippen LogP contribution in [0.15, 0.2) is 12.7 Å². The number of hydrogen-bond donors (Lipinski definition) is 1. The van der Waals surface area contributed by atoms with Crippen molar-refractivity contribution in [1.82, 2.24) is 14.9 Å². The van der Waals surface area contributed by atoms with Crippen LogP contribution in [-0.2, 0) is 0 Å².